The molecular weight excluding hydrogens is 296 g/mol. The van der Waals surface area contributed by atoms with Gasteiger partial charge >= 0.3 is 0 Å². The summed E-state index contributed by atoms with van der Waals surface area (Å²) in [5, 5.41) is 9.89. The van der Waals surface area contributed by atoms with Crippen LogP contribution in [-0.4, -0.2) is 32.2 Å². The minimum Gasteiger partial charge on any atom is -0.507 e. The SMILES string of the molecule is COc1ccc(C=CC(=O)c2ccc(OC)cc2OC)c(O)c1. The van der Waals surface area contributed by atoms with Crippen LogP contribution in [0.2, 0.25) is 0 Å². The molecule has 0 aromatic heterocycles. The number of ether oxygens (including phenoxy) is 3. The van der Waals surface area contributed by atoms with Crippen LogP contribution >= 0.6 is 0 Å². The van der Waals surface area contributed by atoms with E-state index in [9.17, 15) is 9.90 Å². The van der Waals surface area contributed by atoms with Gasteiger partial charge in [0.1, 0.15) is 23.0 Å². The van der Waals surface area contributed by atoms with Gasteiger partial charge in [-0.1, -0.05) is 0 Å². The lowest BCUT2D eigenvalue weighted by Gasteiger charge is -2.08. The molecule has 5 heteroatoms. The average molecular weight is 314 g/mol. The second-order valence-corrected chi connectivity index (χ2v) is 4.69. The number of ketones is 1. The van der Waals surface area contributed by atoms with E-state index in [1.807, 2.05) is 0 Å². The zero-order valence-electron chi connectivity index (χ0n) is 13.2. The van der Waals surface area contributed by atoms with Gasteiger partial charge < -0.3 is 19.3 Å². The number of carbonyl (C=O) groups is 1. The van der Waals surface area contributed by atoms with Gasteiger partial charge in [-0.3, -0.25) is 4.79 Å². The van der Waals surface area contributed by atoms with Crippen molar-refractivity contribution in [2.45, 2.75) is 0 Å². The summed E-state index contributed by atoms with van der Waals surface area (Å²) in [5.41, 5.74) is 0.934. The van der Waals surface area contributed by atoms with E-state index in [2.05, 4.69) is 0 Å². The lowest BCUT2D eigenvalue weighted by atomic mass is 10.1. The van der Waals surface area contributed by atoms with Crippen LogP contribution < -0.4 is 14.2 Å². The molecule has 120 valence electrons. The molecule has 0 aliphatic heterocycles. The molecule has 0 saturated carbocycles. The Morgan fingerprint density at radius 1 is 0.957 bits per heavy atom. The van der Waals surface area contributed by atoms with Crippen molar-refractivity contribution in [1.82, 2.24) is 0 Å². The molecule has 0 unspecified atom stereocenters. The minimum atomic E-state index is -0.236. The highest BCUT2D eigenvalue weighted by Gasteiger charge is 2.11. The van der Waals surface area contributed by atoms with Crippen molar-refractivity contribution in [3.8, 4) is 23.0 Å². The maximum absolute atomic E-state index is 12.3. The number of hydrogen-bond acceptors (Lipinski definition) is 5. The fourth-order valence-corrected chi connectivity index (χ4v) is 2.05. The van der Waals surface area contributed by atoms with Crippen molar-refractivity contribution < 1.29 is 24.1 Å². The first-order valence-corrected chi connectivity index (χ1v) is 6.90. The Labute approximate surface area is 134 Å². The van der Waals surface area contributed by atoms with Gasteiger partial charge in [-0.2, -0.15) is 0 Å². The van der Waals surface area contributed by atoms with Crippen LogP contribution in [0.25, 0.3) is 6.08 Å². The number of carbonyl (C=O) groups excluding carboxylic acids is 1. The van der Waals surface area contributed by atoms with Gasteiger partial charge in [-0.25, -0.2) is 0 Å². The van der Waals surface area contributed by atoms with Crippen LogP contribution in [0.5, 0.6) is 23.0 Å². The molecule has 0 heterocycles. The average Bonchev–Trinajstić information content (AvgIpc) is 2.59. The zero-order valence-corrected chi connectivity index (χ0v) is 13.2. The molecule has 0 bridgehead atoms. The minimum absolute atomic E-state index is 0.0371. The van der Waals surface area contributed by atoms with Crippen LogP contribution in [0.3, 0.4) is 0 Å². The Morgan fingerprint density at radius 3 is 2.22 bits per heavy atom. The summed E-state index contributed by atoms with van der Waals surface area (Å²) in [4.78, 5) is 12.3. The number of hydrogen-bond donors (Lipinski definition) is 1. The third kappa shape index (κ3) is 3.83. The third-order valence-corrected chi connectivity index (χ3v) is 3.33. The van der Waals surface area contributed by atoms with Crippen molar-refractivity contribution in [1.29, 1.82) is 0 Å². The fraction of sp³-hybridized carbons (Fsp3) is 0.167. The number of allylic oxidation sites excluding steroid dienone is 1. The van der Waals surface area contributed by atoms with Crippen molar-refractivity contribution in [2.75, 3.05) is 21.3 Å². The standard InChI is InChI=1S/C18H18O5/c1-21-13-6-4-12(17(20)10-13)5-9-16(19)15-8-7-14(22-2)11-18(15)23-3/h4-11,20H,1-3H3. The normalized spacial score (nSPS) is 10.6. The summed E-state index contributed by atoms with van der Waals surface area (Å²) >= 11 is 0. The predicted molar refractivity (Wildman–Crippen MR) is 87.6 cm³/mol. The molecule has 0 saturated heterocycles. The quantitative estimate of drug-likeness (QED) is 0.654. The maximum atomic E-state index is 12.3. The maximum Gasteiger partial charge on any atom is 0.189 e. The summed E-state index contributed by atoms with van der Waals surface area (Å²) in [7, 11) is 4.55. The molecule has 0 spiro atoms. The Hall–Kier alpha value is -2.95. The first-order chi connectivity index (χ1) is 11.1. The molecule has 2 aromatic rings. The molecular formula is C18H18O5. The number of aromatic hydroxyl groups is 1. The smallest absolute Gasteiger partial charge is 0.189 e. The van der Waals surface area contributed by atoms with Crippen LogP contribution in [0.4, 0.5) is 0 Å². The number of methoxy groups -OCH3 is 3. The molecule has 0 radical (unpaired) electrons. The molecule has 1 N–H and O–H groups in total. The van der Waals surface area contributed by atoms with Crippen molar-refractivity contribution >= 4 is 11.9 Å². The van der Waals surface area contributed by atoms with E-state index < -0.39 is 0 Å². The molecule has 0 aliphatic carbocycles. The molecule has 0 amide bonds. The predicted octanol–water partition coefficient (Wildman–Crippen LogP) is 3.31. The van der Waals surface area contributed by atoms with Gasteiger partial charge in [0, 0.05) is 17.7 Å². The summed E-state index contributed by atoms with van der Waals surface area (Å²) in [6.07, 6.45) is 2.92. The Balaban J connectivity index is 2.25. The van der Waals surface area contributed by atoms with E-state index in [1.165, 1.54) is 26.4 Å². The Morgan fingerprint density at radius 2 is 1.61 bits per heavy atom. The third-order valence-electron chi connectivity index (χ3n) is 3.33. The fourth-order valence-electron chi connectivity index (χ4n) is 2.05. The van der Waals surface area contributed by atoms with Crippen molar-refractivity contribution in [3.05, 3.63) is 53.6 Å². The number of phenolic OH excluding ortho intramolecular Hbond substituents is 1. The Kier molecular flexibility index (Phi) is 5.25. The van der Waals surface area contributed by atoms with Gasteiger partial charge in [0.25, 0.3) is 0 Å². The van der Waals surface area contributed by atoms with Crippen molar-refractivity contribution in [3.63, 3.8) is 0 Å². The van der Waals surface area contributed by atoms with Crippen LogP contribution in [0.15, 0.2) is 42.5 Å². The molecule has 0 atom stereocenters. The summed E-state index contributed by atoms with van der Waals surface area (Å²) < 4.78 is 15.3. The van der Waals surface area contributed by atoms with Gasteiger partial charge in [-0.15, -0.1) is 0 Å². The molecule has 2 aromatic carbocycles. The molecule has 23 heavy (non-hydrogen) atoms. The first kappa shape index (κ1) is 16.4. The second-order valence-electron chi connectivity index (χ2n) is 4.69. The number of benzene rings is 2. The largest absolute Gasteiger partial charge is 0.507 e. The topological polar surface area (TPSA) is 65.0 Å². The van der Waals surface area contributed by atoms with Crippen molar-refractivity contribution in [2.24, 2.45) is 0 Å². The molecule has 2 rings (SSSR count). The van der Waals surface area contributed by atoms with E-state index in [0.717, 1.165) is 0 Å². The van der Waals surface area contributed by atoms with E-state index in [-0.39, 0.29) is 11.5 Å². The summed E-state index contributed by atoms with van der Waals surface area (Å²) in [6, 6.07) is 9.83. The van der Waals surface area contributed by atoms with E-state index >= 15 is 0 Å². The molecule has 0 aliphatic rings. The van der Waals surface area contributed by atoms with Gasteiger partial charge in [0.2, 0.25) is 0 Å². The lowest BCUT2D eigenvalue weighted by Crippen LogP contribution is -1.99. The van der Waals surface area contributed by atoms with Crippen LogP contribution in [0, 0.1) is 0 Å². The highest BCUT2D eigenvalue weighted by molar-refractivity contribution is 6.08. The van der Waals surface area contributed by atoms with Gasteiger partial charge in [0.05, 0.1) is 26.9 Å². The van der Waals surface area contributed by atoms with Crippen LogP contribution in [0.1, 0.15) is 15.9 Å². The zero-order chi connectivity index (χ0) is 16.8. The molecule has 5 nitrogen and oxygen atoms in total. The monoisotopic (exact) mass is 314 g/mol. The van der Waals surface area contributed by atoms with E-state index in [0.29, 0.717) is 28.4 Å². The second kappa shape index (κ2) is 7.35. The van der Waals surface area contributed by atoms with E-state index in [1.54, 1.807) is 43.5 Å². The number of rotatable bonds is 6. The number of phenols is 1. The van der Waals surface area contributed by atoms with Gasteiger partial charge in [0.15, 0.2) is 5.78 Å². The summed E-state index contributed by atoms with van der Waals surface area (Å²) in [5.74, 6) is 1.38. The van der Waals surface area contributed by atoms with Crippen LogP contribution in [-0.2, 0) is 0 Å². The lowest BCUT2D eigenvalue weighted by molar-refractivity contribution is 0.104. The van der Waals surface area contributed by atoms with Gasteiger partial charge in [-0.05, 0) is 36.4 Å². The van der Waals surface area contributed by atoms with E-state index in [4.69, 9.17) is 14.2 Å². The highest BCUT2D eigenvalue weighted by Crippen LogP contribution is 2.27. The summed E-state index contributed by atoms with van der Waals surface area (Å²) in [6.45, 7) is 0. The molecule has 0 fully saturated rings. The Bertz CT molecular complexity index is 734. The first-order valence-electron chi connectivity index (χ1n) is 6.90. The highest BCUT2D eigenvalue weighted by atomic mass is 16.5.